The van der Waals surface area contributed by atoms with E-state index < -0.39 is 0 Å². The fourth-order valence-corrected chi connectivity index (χ4v) is 2.06. The van der Waals surface area contributed by atoms with E-state index >= 15 is 0 Å². The first kappa shape index (κ1) is 12.8. The molecule has 1 fully saturated rings. The molecule has 17 heavy (non-hydrogen) atoms. The van der Waals surface area contributed by atoms with Gasteiger partial charge in [-0.1, -0.05) is 0 Å². The predicted molar refractivity (Wildman–Crippen MR) is 75.0 cm³/mol. The number of nitrogens with zero attached hydrogens (tertiary/aromatic N) is 1. The summed E-state index contributed by atoms with van der Waals surface area (Å²) in [5.41, 5.74) is 0.851. The minimum atomic E-state index is 0.0353. The lowest BCUT2D eigenvalue weighted by molar-refractivity contribution is -0.118. The van der Waals surface area contributed by atoms with E-state index in [0.29, 0.717) is 6.54 Å². The van der Waals surface area contributed by atoms with Crippen molar-refractivity contribution in [3.05, 3.63) is 27.8 Å². The SMILES string of the molecule is O=C(CN1CCOCC1)Nc1ccc(I)cc1. The number of carbonyl (C=O) groups excluding carboxylic acids is 1. The van der Waals surface area contributed by atoms with Crippen LogP contribution in [0, 0.1) is 3.57 Å². The molecule has 1 saturated heterocycles. The lowest BCUT2D eigenvalue weighted by Crippen LogP contribution is -2.41. The Labute approximate surface area is 114 Å². The second-order valence-corrected chi connectivity index (χ2v) is 5.19. The zero-order valence-electron chi connectivity index (χ0n) is 9.49. The summed E-state index contributed by atoms with van der Waals surface area (Å²) in [6, 6.07) is 7.79. The van der Waals surface area contributed by atoms with Gasteiger partial charge in [0.05, 0.1) is 19.8 Å². The van der Waals surface area contributed by atoms with Gasteiger partial charge in [-0.2, -0.15) is 0 Å². The van der Waals surface area contributed by atoms with Crippen molar-refractivity contribution in [2.45, 2.75) is 0 Å². The van der Waals surface area contributed by atoms with Gasteiger partial charge in [0, 0.05) is 22.3 Å². The molecule has 1 aromatic rings. The van der Waals surface area contributed by atoms with Gasteiger partial charge >= 0.3 is 0 Å². The van der Waals surface area contributed by atoms with Crippen LogP contribution in [0.5, 0.6) is 0 Å². The zero-order valence-corrected chi connectivity index (χ0v) is 11.6. The number of halogens is 1. The van der Waals surface area contributed by atoms with Crippen molar-refractivity contribution in [2.24, 2.45) is 0 Å². The summed E-state index contributed by atoms with van der Waals surface area (Å²) < 4.78 is 6.40. The van der Waals surface area contributed by atoms with Crippen LogP contribution in [-0.2, 0) is 9.53 Å². The first-order chi connectivity index (χ1) is 8.24. The highest BCUT2D eigenvalue weighted by atomic mass is 127. The highest BCUT2D eigenvalue weighted by Crippen LogP contribution is 2.11. The molecule has 5 heteroatoms. The fourth-order valence-electron chi connectivity index (χ4n) is 1.70. The van der Waals surface area contributed by atoms with Crippen molar-refractivity contribution in [1.82, 2.24) is 4.90 Å². The van der Waals surface area contributed by atoms with Crippen molar-refractivity contribution in [2.75, 3.05) is 38.2 Å². The lowest BCUT2D eigenvalue weighted by atomic mass is 10.3. The normalized spacial score (nSPS) is 16.8. The van der Waals surface area contributed by atoms with Gasteiger partial charge in [0.2, 0.25) is 5.91 Å². The summed E-state index contributed by atoms with van der Waals surface area (Å²) in [6.45, 7) is 3.54. The monoisotopic (exact) mass is 346 g/mol. The van der Waals surface area contributed by atoms with Crippen molar-refractivity contribution in [3.63, 3.8) is 0 Å². The molecule has 1 aliphatic rings. The average Bonchev–Trinajstić information content (AvgIpc) is 2.33. The van der Waals surface area contributed by atoms with Crippen LogP contribution in [0.15, 0.2) is 24.3 Å². The van der Waals surface area contributed by atoms with Crippen LogP contribution in [0.1, 0.15) is 0 Å². The number of ether oxygens (including phenoxy) is 1. The van der Waals surface area contributed by atoms with Gasteiger partial charge in [-0.25, -0.2) is 0 Å². The molecule has 1 aromatic carbocycles. The number of morpholine rings is 1. The van der Waals surface area contributed by atoms with Gasteiger partial charge in [0.25, 0.3) is 0 Å². The largest absolute Gasteiger partial charge is 0.379 e. The number of amides is 1. The smallest absolute Gasteiger partial charge is 0.238 e. The minimum Gasteiger partial charge on any atom is -0.379 e. The Bertz CT molecular complexity index is 375. The van der Waals surface area contributed by atoms with E-state index in [1.807, 2.05) is 24.3 Å². The molecule has 2 rings (SSSR count). The molecule has 92 valence electrons. The second kappa shape index (κ2) is 6.32. The molecule has 0 aliphatic carbocycles. The van der Waals surface area contributed by atoms with E-state index in [1.165, 1.54) is 0 Å². The third-order valence-electron chi connectivity index (χ3n) is 2.60. The molecule has 0 bridgehead atoms. The standard InChI is InChI=1S/C12H15IN2O2/c13-10-1-3-11(4-2-10)14-12(16)9-15-5-7-17-8-6-15/h1-4H,5-9H2,(H,14,16). The van der Waals surface area contributed by atoms with Gasteiger partial charge in [-0.05, 0) is 46.9 Å². The molecule has 1 aliphatic heterocycles. The Hall–Kier alpha value is -0.660. The van der Waals surface area contributed by atoms with Crippen molar-refractivity contribution < 1.29 is 9.53 Å². The van der Waals surface area contributed by atoms with E-state index in [0.717, 1.165) is 35.6 Å². The number of benzene rings is 1. The van der Waals surface area contributed by atoms with Crippen LogP contribution in [0.3, 0.4) is 0 Å². The van der Waals surface area contributed by atoms with Gasteiger partial charge in [0.15, 0.2) is 0 Å². The van der Waals surface area contributed by atoms with Crippen molar-refractivity contribution in [1.29, 1.82) is 0 Å². The van der Waals surface area contributed by atoms with E-state index in [4.69, 9.17) is 4.74 Å². The topological polar surface area (TPSA) is 41.6 Å². The Morgan fingerprint density at radius 1 is 1.29 bits per heavy atom. The van der Waals surface area contributed by atoms with Crippen LogP contribution in [0.2, 0.25) is 0 Å². The number of carbonyl (C=O) groups is 1. The Morgan fingerprint density at radius 3 is 2.59 bits per heavy atom. The summed E-state index contributed by atoms with van der Waals surface area (Å²) in [4.78, 5) is 13.9. The molecule has 0 aromatic heterocycles. The summed E-state index contributed by atoms with van der Waals surface area (Å²) in [7, 11) is 0. The van der Waals surface area contributed by atoms with Gasteiger partial charge in [0.1, 0.15) is 0 Å². The van der Waals surface area contributed by atoms with E-state index in [9.17, 15) is 4.79 Å². The Balaban J connectivity index is 1.82. The first-order valence-corrected chi connectivity index (χ1v) is 6.67. The number of rotatable bonds is 3. The maximum atomic E-state index is 11.8. The second-order valence-electron chi connectivity index (χ2n) is 3.94. The molecule has 1 heterocycles. The van der Waals surface area contributed by atoms with Gasteiger partial charge in [-0.3, -0.25) is 9.69 Å². The zero-order chi connectivity index (χ0) is 12.1. The van der Waals surface area contributed by atoms with Crippen molar-refractivity contribution in [3.8, 4) is 0 Å². The van der Waals surface area contributed by atoms with Gasteiger partial charge < -0.3 is 10.1 Å². The molecule has 0 saturated carbocycles. The minimum absolute atomic E-state index is 0.0353. The predicted octanol–water partition coefficient (Wildman–Crippen LogP) is 1.56. The first-order valence-electron chi connectivity index (χ1n) is 5.59. The summed E-state index contributed by atoms with van der Waals surface area (Å²) >= 11 is 2.24. The van der Waals surface area contributed by atoms with Crippen LogP contribution in [0.4, 0.5) is 5.69 Å². The maximum absolute atomic E-state index is 11.8. The number of hydrogen-bond donors (Lipinski definition) is 1. The summed E-state index contributed by atoms with van der Waals surface area (Å²) in [5.74, 6) is 0.0353. The van der Waals surface area contributed by atoms with Crippen LogP contribution < -0.4 is 5.32 Å². The molecule has 0 unspecified atom stereocenters. The lowest BCUT2D eigenvalue weighted by Gasteiger charge is -2.25. The Morgan fingerprint density at radius 2 is 1.94 bits per heavy atom. The fraction of sp³-hybridized carbons (Fsp3) is 0.417. The highest BCUT2D eigenvalue weighted by molar-refractivity contribution is 14.1. The Kier molecular flexibility index (Phi) is 4.75. The summed E-state index contributed by atoms with van der Waals surface area (Å²) in [6.07, 6.45) is 0. The van der Waals surface area contributed by atoms with Crippen LogP contribution in [-0.4, -0.2) is 43.7 Å². The molecule has 1 amide bonds. The summed E-state index contributed by atoms with van der Waals surface area (Å²) in [5, 5.41) is 2.89. The third-order valence-corrected chi connectivity index (χ3v) is 3.32. The number of nitrogens with one attached hydrogen (secondary N) is 1. The molecular weight excluding hydrogens is 331 g/mol. The average molecular weight is 346 g/mol. The molecular formula is C12H15IN2O2. The third kappa shape index (κ3) is 4.25. The molecule has 4 nitrogen and oxygen atoms in total. The molecule has 0 radical (unpaired) electrons. The number of hydrogen-bond acceptors (Lipinski definition) is 3. The van der Waals surface area contributed by atoms with Crippen LogP contribution in [0.25, 0.3) is 0 Å². The molecule has 1 N–H and O–H groups in total. The van der Waals surface area contributed by atoms with Gasteiger partial charge in [-0.15, -0.1) is 0 Å². The van der Waals surface area contributed by atoms with E-state index in [2.05, 4.69) is 32.8 Å². The number of anilines is 1. The molecule has 0 atom stereocenters. The van der Waals surface area contributed by atoms with E-state index in [1.54, 1.807) is 0 Å². The highest BCUT2D eigenvalue weighted by Gasteiger charge is 2.13. The van der Waals surface area contributed by atoms with Crippen LogP contribution >= 0.6 is 22.6 Å². The van der Waals surface area contributed by atoms with E-state index in [-0.39, 0.29) is 5.91 Å². The quantitative estimate of drug-likeness (QED) is 0.845. The molecule has 0 spiro atoms. The van der Waals surface area contributed by atoms with Crippen molar-refractivity contribution >= 4 is 34.2 Å². The maximum Gasteiger partial charge on any atom is 0.238 e.